The topological polar surface area (TPSA) is 67.5 Å². The van der Waals surface area contributed by atoms with Crippen LogP contribution in [0.25, 0.3) is 0 Å². The minimum atomic E-state index is -0.725. The minimum absolute atomic E-state index is 0.725. The van der Waals surface area contributed by atoms with Crippen LogP contribution in [0.3, 0.4) is 0 Å². The van der Waals surface area contributed by atoms with Crippen molar-refractivity contribution in [3.05, 3.63) is 0 Å². The van der Waals surface area contributed by atoms with Crippen LogP contribution in [0.1, 0.15) is 0 Å². The highest BCUT2D eigenvalue weighted by Gasteiger charge is 1.79. The second kappa shape index (κ2) is 3.68. The number of nitrogens with two attached hydrogens (primary N) is 1. The molecule has 0 radical (unpaired) electrons. The molecule has 0 aromatic carbocycles. The highest BCUT2D eigenvalue weighted by molar-refractivity contribution is 5.79. The van der Waals surface area contributed by atoms with Crippen LogP contribution in [0.4, 0.5) is 4.79 Å². The van der Waals surface area contributed by atoms with Gasteiger partial charge in [0.05, 0.1) is 6.21 Å². The van der Waals surface area contributed by atoms with E-state index in [2.05, 4.69) is 16.8 Å². The first-order valence-electron chi connectivity index (χ1n) is 1.80. The maximum atomic E-state index is 9.80. The number of amides is 2. The van der Waals surface area contributed by atoms with Gasteiger partial charge in [0.2, 0.25) is 0 Å². The summed E-state index contributed by atoms with van der Waals surface area (Å²) in [5.41, 5.74) is 6.51. The van der Waals surface area contributed by atoms with Crippen molar-refractivity contribution in [2.24, 2.45) is 10.8 Å². The van der Waals surface area contributed by atoms with Crippen molar-refractivity contribution in [1.29, 1.82) is 0 Å². The Hall–Kier alpha value is -1.50. The van der Waals surface area contributed by atoms with Gasteiger partial charge in [-0.2, -0.15) is 5.10 Å². The largest absolute Gasteiger partial charge is 0.350 e. The molecule has 0 spiro atoms. The van der Waals surface area contributed by atoms with Crippen molar-refractivity contribution in [1.82, 2.24) is 5.43 Å². The summed E-state index contributed by atoms with van der Waals surface area (Å²) in [6.07, 6.45) is 5.81. The number of primary amides is 1. The first-order chi connectivity index (χ1) is 3.77. The molecule has 0 atom stereocenters. The molecule has 0 saturated carbocycles. The van der Waals surface area contributed by atoms with Gasteiger partial charge in [-0.3, -0.25) is 0 Å². The Labute approximate surface area is 46.8 Å². The minimum Gasteiger partial charge on any atom is -0.350 e. The lowest BCUT2D eigenvalue weighted by Crippen LogP contribution is -2.24. The molecule has 4 heteroatoms. The number of carbonyl (C=O) groups excluding carboxylic acids is 1. The van der Waals surface area contributed by atoms with E-state index in [1.807, 2.05) is 5.43 Å². The van der Waals surface area contributed by atoms with Gasteiger partial charge in [-0.15, -0.1) is 6.42 Å². The van der Waals surface area contributed by atoms with E-state index in [1.165, 1.54) is 0 Å². The van der Waals surface area contributed by atoms with Gasteiger partial charge < -0.3 is 5.73 Å². The van der Waals surface area contributed by atoms with Crippen LogP contribution < -0.4 is 11.2 Å². The molecule has 3 N–H and O–H groups in total. The average Bonchev–Trinajstić information content (AvgIpc) is 1.66. The average molecular weight is 111 g/mol. The summed E-state index contributed by atoms with van der Waals surface area (Å²) in [5, 5.41) is 3.20. The van der Waals surface area contributed by atoms with Gasteiger partial charge in [0.15, 0.2) is 0 Å². The molecule has 0 aromatic rings. The van der Waals surface area contributed by atoms with Gasteiger partial charge in [0, 0.05) is 0 Å². The van der Waals surface area contributed by atoms with Crippen LogP contribution >= 0.6 is 0 Å². The number of nitrogens with one attached hydrogen (secondary N) is 1. The lowest BCUT2D eigenvalue weighted by atomic mass is 10.8. The van der Waals surface area contributed by atoms with E-state index in [0.717, 1.165) is 6.21 Å². The van der Waals surface area contributed by atoms with E-state index in [9.17, 15) is 4.79 Å². The molecule has 0 saturated heterocycles. The Bertz CT molecular complexity index is 144. The molecular formula is C4H5N3O. The second-order valence-corrected chi connectivity index (χ2v) is 0.901. The van der Waals surface area contributed by atoms with Crippen LogP contribution in [0.2, 0.25) is 0 Å². The fourth-order valence-electron chi connectivity index (χ4n) is 0.133. The van der Waals surface area contributed by atoms with E-state index in [0.29, 0.717) is 0 Å². The van der Waals surface area contributed by atoms with Gasteiger partial charge in [0.25, 0.3) is 0 Å². The molecule has 0 fully saturated rings. The summed E-state index contributed by atoms with van der Waals surface area (Å²) in [4.78, 5) is 9.80. The Balaban J connectivity index is 3.34. The number of nitrogens with zero attached hydrogens (tertiary/aromatic N) is 1. The molecule has 4 nitrogen and oxygen atoms in total. The van der Waals surface area contributed by atoms with Gasteiger partial charge in [-0.1, -0.05) is 5.92 Å². The lowest BCUT2D eigenvalue weighted by molar-refractivity contribution is 0.249. The molecule has 2 amide bonds. The third-order valence-electron chi connectivity index (χ3n) is 0.314. The predicted molar refractivity (Wildman–Crippen MR) is 30.0 cm³/mol. The molecule has 0 bridgehead atoms. The Morgan fingerprint density at radius 1 is 2.00 bits per heavy atom. The fourth-order valence-corrected chi connectivity index (χ4v) is 0.133. The van der Waals surface area contributed by atoms with Crippen molar-refractivity contribution in [3.8, 4) is 12.3 Å². The maximum absolute atomic E-state index is 9.80. The Morgan fingerprint density at radius 2 is 2.62 bits per heavy atom. The van der Waals surface area contributed by atoms with E-state index < -0.39 is 6.03 Å². The van der Waals surface area contributed by atoms with Crippen molar-refractivity contribution < 1.29 is 4.79 Å². The zero-order valence-corrected chi connectivity index (χ0v) is 4.09. The Morgan fingerprint density at radius 3 is 3.00 bits per heavy atom. The normalized spacial score (nSPS) is 8.38. The van der Waals surface area contributed by atoms with Crippen LogP contribution in [0.15, 0.2) is 5.10 Å². The molecular weight excluding hydrogens is 106 g/mol. The molecule has 42 valence electrons. The van der Waals surface area contributed by atoms with Crippen molar-refractivity contribution in [2.45, 2.75) is 0 Å². The standard InChI is InChI=1S/C4H5N3O/c1-2-3-6-7-4(5)8/h1,3H,(H3,5,7,8). The monoisotopic (exact) mass is 111 g/mol. The maximum Gasteiger partial charge on any atom is 0.332 e. The van der Waals surface area contributed by atoms with E-state index in [1.54, 1.807) is 0 Å². The van der Waals surface area contributed by atoms with Gasteiger partial charge >= 0.3 is 6.03 Å². The van der Waals surface area contributed by atoms with Crippen LogP contribution in [0.5, 0.6) is 0 Å². The first kappa shape index (κ1) is 6.50. The van der Waals surface area contributed by atoms with Crippen LogP contribution in [0, 0.1) is 12.3 Å². The quantitative estimate of drug-likeness (QED) is 0.261. The molecule has 0 aliphatic rings. The van der Waals surface area contributed by atoms with E-state index in [4.69, 9.17) is 6.42 Å². The molecule has 0 rings (SSSR count). The summed E-state index contributed by atoms with van der Waals surface area (Å²) < 4.78 is 0. The van der Waals surface area contributed by atoms with Gasteiger partial charge in [0.1, 0.15) is 0 Å². The first-order valence-corrected chi connectivity index (χ1v) is 1.80. The molecule has 0 unspecified atom stereocenters. The number of urea groups is 1. The number of rotatable bonds is 1. The second-order valence-electron chi connectivity index (χ2n) is 0.901. The number of hydrogen-bond donors (Lipinski definition) is 2. The third kappa shape index (κ3) is 4.50. The molecule has 0 heterocycles. The highest BCUT2D eigenvalue weighted by Crippen LogP contribution is 1.53. The summed E-state index contributed by atoms with van der Waals surface area (Å²) in [6.45, 7) is 0. The zero-order valence-electron chi connectivity index (χ0n) is 4.09. The molecule has 0 aromatic heterocycles. The molecule has 0 aliphatic carbocycles. The number of hydrogen-bond acceptors (Lipinski definition) is 2. The fraction of sp³-hybridized carbons (Fsp3) is 0. The van der Waals surface area contributed by atoms with E-state index in [-0.39, 0.29) is 0 Å². The van der Waals surface area contributed by atoms with Gasteiger partial charge in [-0.25, -0.2) is 10.2 Å². The highest BCUT2D eigenvalue weighted by atomic mass is 16.2. The summed E-state index contributed by atoms with van der Waals surface area (Å²) in [7, 11) is 0. The van der Waals surface area contributed by atoms with E-state index >= 15 is 0 Å². The predicted octanol–water partition coefficient (Wildman–Crippen LogP) is -0.726. The summed E-state index contributed by atoms with van der Waals surface area (Å²) in [6, 6.07) is -0.725. The number of carbonyl (C=O) groups is 1. The smallest absolute Gasteiger partial charge is 0.332 e. The Kier molecular flexibility index (Phi) is 2.99. The summed E-state index contributed by atoms with van der Waals surface area (Å²) >= 11 is 0. The van der Waals surface area contributed by atoms with Crippen molar-refractivity contribution >= 4 is 12.2 Å². The number of hydrazone groups is 1. The van der Waals surface area contributed by atoms with Crippen LogP contribution in [-0.2, 0) is 0 Å². The van der Waals surface area contributed by atoms with Crippen LogP contribution in [-0.4, -0.2) is 12.2 Å². The molecule has 8 heavy (non-hydrogen) atoms. The lowest BCUT2D eigenvalue weighted by Gasteiger charge is -1.84. The number of terminal acetylenes is 1. The van der Waals surface area contributed by atoms with Crippen molar-refractivity contribution in [3.63, 3.8) is 0 Å². The van der Waals surface area contributed by atoms with Crippen molar-refractivity contribution in [2.75, 3.05) is 0 Å². The molecule has 0 aliphatic heterocycles. The van der Waals surface area contributed by atoms with Gasteiger partial charge in [-0.05, 0) is 0 Å². The zero-order chi connectivity index (χ0) is 6.41. The summed E-state index contributed by atoms with van der Waals surface area (Å²) in [5.74, 6) is 2.06. The third-order valence-corrected chi connectivity index (χ3v) is 0.314. The SMILES string of the molecule is C#CC=NNC(N)=O.